The normalized spacial score (nSPS) is 16.2. The molecular weight excluding hydrogens is 406 g/mol. The number of rotatable bonds is 7. The number of hydrogen-bond donors (Lipinski definition) is 0. The molecule has 2 aromatic rings. The minimum atomic E-state index is -0.908. The summed E-state index contributed by atoms with van der Waals surface area (Å²) in [4.78, 5) is 27.6. The molecule has 1 saturated heterocycles. The van der Waals surface area contributed by atoms with Crippen molar-refractivity contribution >= 4 is 46.3 Å². The molecule has 0 bridgehead atoms. The molecule has 1 fully saturated rings. The Labute approximate surface area is 179 Å². The third-order valence-electron chi connectivity index (χ3n) is 4.20. The quantitative estimate of drug-likeness (QED) is 0.366. The van der Waals surface area contributed by atoms with E-state index in [-0.39, 0.29) is 12.5 Å². The van der Waals surface area contributed by atoms with Crippen molar-refractivity contribution in [3.63, 3.8) is 0 Å². The molecule has 7 heteroatoms. The second kappa shape index (κ2) is 9.71. The summed E-state index contributed by atoms with van der Waals surface area (Å²) in [7, 11) is 0. The number of nitrogens with zero attached hydrogens (tertiary/aromatic N) is 1. The van der Waals surface area contributed by atoms with Crippen molar-refractivity contribution in [1.29, 1.82) is 0 Å². The predicted molar refractivity (Wildman–Crippen MR) is 118 cm³/mol. The first-order valence-electron chi connectivity index (χ1n) is 9.26. The highest BCUT2D eigenvalue weighted by Crippen LogP contribution is 2.38. The molecule has 0 radical (unpaired) electrons. The van der Waals surface area contributed by atoms with Gasteiger partial charge in [-0.15, -0.1) is 0 Å². The largest absolute Gasteiger partial charge is 0.494 e. The molecule has 0 N–H and O–H groups in total. The van der Waals surface area contributed by atoms with Crippen LogP contribution in [0.1, 0.15) is 31.0 Å². The lowest BCUT2D eigenvalue weighted by molar-refractivity contribution is -0.151. The number of thiocarbonyl (C=S) groups is 1. The monoisotopic (exact) mass is 427 g/mol. The summed E-state index contributed by atoms with van der Waals surface area (Å²) < 4.78 is 11.0. The molecule has 1 atom stereocenters. The summed E-state index contributed by atoms with van der Waals surface area (Å²) in [6, 6.07) is 15.6. The fraction of sp³-hybridized carbons (Fsp3) is 0.227. The Bertz CT molecular complexity index is 926. The summed E-state index contributed by atoms with van der Waals surface area (Å²) in [5.41, 5.74) is 1.51. The average molecular weight is 428 g/mol. The highest BCUT2D eigenvalue weighted by Gasteiger charge is 2.42. The molecule has 150 valence electrons. The Morgan fingerprint density at radius 3 is 2.41 bits per heavy atom. The number of amides is 1. The van der Waals surface area contributed by atoms with Gasteiger partial charge in [0.15, 0.2) is 6.04 Å². The van der Waals surface area contributed by atoms with Gasteiger partial charge in [0.2, 0.25) is 0 Å². The van der Waals surface area contributed by atoms with Gasteiger partial charge in [0.1, 0.15) is 10.1 Å². The average Bonchev–Trinajstić information content (AvgIpc) is 2.99. The van der Waals surface area contributed by atoms with Gasteiger partial charge in [-0.3, -0.25) is 9.69 Å². The van der Waals surface area contributed by atoms with E-state index < -0.39 is 12.0 Å². The Kier molecular flexibility index (Phi) is 7.06. The van der Waals surface area contributed by atoms with Crippen LogP contribution < -0.4 is 4.74 Å². The second-order valence-electron chi connectivity index (χ2n) is 6.12. The first-order chi connectivity index (χ1) is 14.0. The highest BCUT2D eigenvalue weighted by atomic mass is 32.2. The summed E-state index contributed by atoms with van der Waals surface area (Å²) in [6.07, 6.45) is 1.77. The Hall–Kier alpha value is -2.64. The first-order valence-corrected chi connectivity index (χ1v) is 10.5. The Balaban J connectivity index is 1.90. The fourth-order valence-corrected chi connectivity index (χ4v) is 4.24. The molecular formula is C22H21NO4S2. The van der Waals surface area contributed by atoms with Gasteiger partial charge in [0, 0.05) is 0 Å². The zero-order valence-corrected chi connectivity index (χ0v) is 17.8. The third-order valence-corrected chi connectivity index (χ3v) is 5.53. The summed E-state index contributed by atoms with van der Waals surface area (Å²) in [5, 5.41) is 0. The number of carbonyl (C=O) groups excluding carboxylic acids is 2. The molecule has 1 heterocycles. The second-order valence-corrected chi connectivity index (χ2v) is 7.79. The topological polar surface area (TPSA) is 55.8 Å². The maximum atomic E-state index is 13.1. The molecule has 5 nitrogen and oxygen atoms in total. The van der Waals surface area contributed by atoms with E-state index in [0.717, 1.165) is 11.3 Å². The molecule has 0 aliphatic carbocycles. The molecule has 1 amide bonds. The lowest BCUT2D eigenvalue weighted by Gasteiger charge is -2.25. The van der Waals surface area contributed by atoms with Crippen molar-refractivity contribution in [2.45, 2.75) is 19.9 Å². The van der Waals surface area contributed by atoms with Crippen LogP contribution in [0.4, 0.5) is 0 Å². The van der Waals surface area contributed by atoms with Gasteiger partial charge in [-0.2, -0.15) is 0 Å². The fourth-order valence-electron chi connectivity index (χ4n) is 2.93. The van der Waals surface area contributed by atoms with E-state index in [1.165, 1.54) is 16.7 Å². The van der Waals surface area contributed by atoms with Crippen molar-refractivity contribution in [2.24, 2.45) is 0 Å². The van der Waals surface area contributed by atoms with Crippen molar-refractivity contribution < 1.29 is 19.1 Å². The van der Waals surface area contributed by atoms with Crippen LogP contribution in [0.15, 0.2) is 59.5 Å². The maximum absolute atomic E-state index is 13.1. The molecule has 0 aromatic heterocycles. The molecule has 3 rings (SSSR count). The van der Waals surface area contributed by atoms with Crippen molar-refractivity contribution in [1.82, 2.24) is 4.90 Å². The van der Waals surface area contributed by atoms with E-state index in [1.807, 2.05) is 49.4 Å². The van der Waals surface area contributed by atoms with Crippen LogP contribution in [-0.4, -0.2) is 34.3 Å². The smallest absolute Gasteiger partial charge is 0.333 e. The zero-order valence-electron chi connectivity index (χ0n) is 16.2. The number of ether oxygens (including phenoxy) is 2. The molecule has 2 aromatic carbocycles. The van der Waals surface area contributed by atoms with Crippen molar-refractivity contribution in [3.05, 3.63) is 70.6 Å². The van der Waals surface area contributed by atoms with E-state index in [4.69, 9.17) is 21.7 Å². The van der Waals surface area contributed by atoms with E-state index in [1.54, 1.807) is 25.1 Å². The minimum Gasteiger partial charge on any atom is -0.494 e. The van der Waals surface area contributed by atoms with Gasteiger partial charge >= 0.3 is 5.97 Å². The zero-order chi connectivity index (χ0) is 20.8. The Morgan fingerprint density at radius 1 is 1.10 bits per heavy atom. The van der Waals surface area contributed by atoms with Gasteiger partial charge in [0.05, 0.1) is 18.1 Å². The first kappa shape index (κ1) is 21.1. The van der Waals surface area contributed by atoms with Crippen LogP contribution in [0.3, 0.4) is 0 Å². The van der Waals surface area contributed by atoms with Crippen LogP contribution in [0.5, 0.6) is 5.75 Å². The van der Waals surface area contributed by atoms with Crippen LogP contribution in [-0.2, 0) is 14.3 Å². The number of thioether (sulfide) groups is 1. The van der Waals surface area contributed by atoms with Crippen molar-refractivity contribution in [3.8, 4) is 5.75 Å². The summed E-state index contributed by atoms with van der Waals surface area (Å²) in [6.45, 7) is 4.47. The highest BCUT2D eigenvalue weighted by molar-refractivity contribution is 8.26. The number of carbonyl (C=O) groups is 2. The van der Waals surface area contributed by atoms with Crippen LogP contribution >= 0.6 is 24.0 Å². The van der Waals surface area contributed by atoms with Gasteiger partial charge in [0.25, 0.3) is 5.91 Å². The van der Waals surface area contributed by atoms with Gasteiger partial charge in [-0.25, -0.2) is 4.79 Å². The number of esters is 1. The predicted octanol–water partition coefficient (Wildman–Crippen LogP) is 4.59. The van der Waals surface area contributed by atoms with E-state index >= 15 is 0 Å². The standard InChI is InChI=1S/C22H21NO4S2/c1-3-26-17-12-10-15(11-13-17)14-18-20(24)23(22(28)29-18)19(21(25)27-4-2)16-8-6-5-7-9-16/h5-14,19H,3-4H2,1-2H3/b18-14-. The van der Waals surface area contributed by atoms with Crippen molar-refractivity contribution in [2.75, 3.05) is 13.2 Å². The lowest BCUT2D eigenvalue weighted by atomic mass is 10.1. The van der Waals surface area contributed by atoms with Gasteiger partial charge in [-0.05, 0) is 43.2 Å². The van der Waals surface area contributed by atoms with Gasteiger partial charge < -0.3 is 9.47 Å². The van der Waals surface area contributed by atoms with Crippen LogP contribution in [0.25, 0.3) is 6.08 Å². The summed E-state index contributed by atoms with van der Waals surface area (Å²) in [5.74, 6) is -0.0447. The minimum absolute atomic E-state index is 0.221. The lowest BCUT2D eigenvalue weighted by Crippen LogP contribution is -2.38. The van der Waals surface area contributed by atoms with E-state index in [9.17, 15) is 9.59 Å². The summed E-state index contributed by atoms with van der Waals surface area (Å²) >= 11 is 6.62. The number of hydrogen-bond acceptors (Lipinski definition) is 6. The molecule has 1 aliphatic rings. The third kappa shape index (κ3) is 4.86. The maximum Gasteiger partial charge on any atom is 0.333 e. The van der Waals surface area contributed by atoms with Crippen LogP contribution in [0.2, 0.25) is 0 Å². The molecule has 1 aliphatic heterocycles. The van der Waals surface area contributed by atoms with E-state index in [0.29, 0.717) is 21.4 Å². The molecule has 0 spiro atoms. The number of benzene rings is 2. The molecule has 0 saturated carbocycles. The van der Waals surface area contributed by atoms with E-state index in [2.05, 4.69) is 0 Å². The van der Waals surface area contributed by atoms with Gasteiger partial charge in [-0.1, -0.05) is 66.4 Å². The Morgan fingerprint density at radius 2 is 1.79 bits per heavy atom. The molecule has 29 heavy (non-hydrogen) atoms. The van der Waals surface area contributed by atoms with Crippen LogP contribution in [0, 0.1) is 0 Å². The molecule has 1 unspecified atom stereocenters. The SMILES string of the molecule is CCOC(=O)C(c1ccccc1)N1C(=O)/C(=C/c2ccc(OCC)cc2)SC1=S.